The van der Waals surface area contributed by atoms with Crippen molar-refractivity contribution >= 4 is 5.97 Å². The van der Waals surface area contributed by atoms with E-state index in [4.69, 9.17) is 9.84 Å². The predicted molar refractivity (Wildman–Crippen MR) is 61.3 cm³/mol. The Balaban J connectivity index is 0. The summed E-state index contributed by atoms with van der Waals surface area (Å²) in [5.74, 6) is -0.184. The SMILES string of the molecule is CCOCCC(=O)OCC.COCC(C)O. The Hall–Kier alpha value is -0.650. The van der Waals surface area contributed by atoms with Crippen LogP contribution in [0.3, 0.4) is 0 Å². The Kier molecular flexibility index (Phi) is 15.9. The van der Waals surface area contributed by atoms with Crippen molar-refractivity contribution in [1.29, 1.82) is 0 Å². The van der Waals surface area contributed by atoms with Gasteiger partial charge in [-0.25, -0.2) is 0 Å². The fourth-order valence-corrected chi connectivity index (χ4v) is 0.774. The van der Waals surface area contributed by atoms with E-state index < -0.39 is 0 Å². The first-order valence-corrected chi connectivity index (χ1v) is 5.48. The molecule has 0 aromatic rings. The van der Waals surface area contributed by atoms with E-state index >= 15 is 0 Å². The lowest BCUT2D eigenvalue weighted by molar-refractivity contribution is -0.144. The smallest absolute Gasteiger partial charge is 0.308 e. The van der Waals surface area contributed by atoms with Crippen molar-refractivity contribution in [2.75, 3.05) is 33.5 Å². The minimum absolute atomic E-state index is 0.184. The molecule has 0 heterocycles. The van der Waals surface area contributed by atoms with Crippen molar-refractivity contribution in [2.24, 2.45) is 0 Å². The Bertz CT molecular complexity index is 147. The molecule has 0 saturated carbocycles. The monoisotopic (exact) mass is 236 g/mol. The van der Waals surface area contributed by atoms with Gasteiger partial charge in [0.05, 0.1) is 32.3 Å². The molecule has 16 heavy (non-hydrogen) atoms. The van der Waals surface area contributed by atoms with E-state index in [0.29, 0.717) is 32.8 Å². The van der Waals surface area contributed by atoms with Crippen molar-refractivity contribution in [3.05, 3.63) is 0 Å². The van der Waals surface area contributed by atoms with Gasteiger partial charge in [0.15, 0.2) is 0 Å². The molecule has 1 N–H and O–H groups in total. The number of carbonyl (C=O) groups excluding carboxylic acids is 1. The normalized spacial score (nSPS) is 11.3. The summed E-state index contributed by atoms with van der Waals surface area (Å²) in [5.41, 5.74) is 0. The summed E-state index contributed by atoms with van der Waals surface area (Å²) in [4.78, 5) is 10.6. The summed E-state index contributed by atoms with van der Waals surface area (Å²) in [7, 11) is 1.56. The zero-order valence-corrected chi connectivity index (χ0v) is 10.7. The van der Waals surface area contributed by atoms with Crippen molar-refractivity contribution < 1.29 is 24.1 Å². The van der Waals surface area contributed by atoms with Gasteiger partial charge in [0, 0.05) is 13.7 Å². The Morgan fingerprint density at radius 2 is 1.94 bits per heavy atom. The van der Waals surface area contributed by atoms with E-state index in [1.165, 1.54) is 0 Å². The van der Waals surface area contributed by atoms with Gasteiger partial charge in [0.25, 0.3) is 0 Å². The molecule has 98 valence electrons. The van der Waals surface area contributed by atoms with E-state index in [0.717, 1.165) is 0 Å². The molecule has 5 heteroatoms. The fourth-order valence-electron chi connectivity index (χ4n) is 0.774. The van der Waals surface area contributed by atoms with Crippen molar-refractivity contribution in [3.63, 3.8) is 0 Å². The molecule has 0 aliphatic carbocycles. The minimum atomic E-state index is -0.324. The molecule has 0 saturated heterocycles. The van der Waals surface area contributed by atoms with Crippen LogP contribution in [0.4, 0.5) is 0 Å². The van der Waals surface area contributed by atoms with Crippen molar-refractivity contribution in [1.82, 2.24) is 0 Å². The van der Waals surface area contributed by atoms with E-state index in [2.05, 4.69) is 9.47 Å². The third-order valence-corrected chi connectivity index (χ3v) is 1.37. The van der Waals surface area contributed by atoms with E-state index in [-0.39, 0.29) is 12.1 Å². The molecule has 0 rings (SSSR count). The zero-order valence-electron chi connectivity index (χ0n) is 10.7. The summed E-state index contributed by atoms with van der Waals surface area (Å²) < 4.78 is 14.2. The van der Waals surface area contributed by atoms with Crippen molar-refractivity contribution in [2.45, 2.75) is 33.3 Å². The number of rotatable bonds is 7. The molecular weight excluding hydrogens is 212 g/mol. The van der Waals surface area contributed by atoms with Crippen LogP contribution in [0.2, 0.25) is 0 Å². The molecule has 0 aromatic carbocycles. The van der Waals surface area contributed by atoms with Crippen LogP contribution < -0.4 is 0 Å². The van der Waals surface area contributed by atoms with Crippen LogP contribution in [0.5, 0.6) is 0 Å². The number of hydrogen-bond acceptors (Lipinski definition) is 5. The maximum atomic E-state index is 10.6. The molecule has 0 fully saturated rings. The quantitative estimate of drug-likeness (QED) is 0.527. The minimum Gasteiger partial charge on any atom is -0.466 e. The molecule has 5 nitrogen and oxygen atoms in total. The molecular formula is C11H24O5. The van der Waals surface area contributed by atoms with E-state index in [1.54, 1.807) is 21.0 Å². The number of methoxy groups -OCH3 is 1. The lowest BCUT2D eigenvalue weighted by atomic mass is 10.5. The third-order valence-electron chi connectivity index (χ3n) is 1.37. The predicted octanol–water partition coefficient (Wildman–Crippen LogP) is 0.990. The van der Waals surface area contributed by atoms with Gasteiger partial charge in [-0.1, -0.05) is 0 Å². The summed E-state index contributed by atoms with van der Waals surface area (Å²) in [6.07, 6.45) is 0.0387. The maximum Gasteiger partial charge on any atom is 0.308 e. The van der Waals surface area contributed by atoms with Crippen LogP contribution in [-0.4, -0.2) is 50.7 Å². The molecule has 0 aromatic heterocycles. The number of aliphatic hydroxyl groups excluding tert-OH is 1. The third kappa shape index (κ3) is 19.0. The summed E-state index contributed by atoms with van der Waals surface area (Å²) >= 11 is 0. The molecule has 0 aliphatic heterocycles. The topological polar surface area (TPSA) is 65.0 Å². The Labute approximate surface area is 97.7 Å². The highest BCUT2D eigenvalue weighted by atomic mass is 16.5. The van der Waals surface area contributed by atoms with Crippen LogP contribution in [0, 0.1) is 0 Å². The van der Waals surface area contributed by atoms with Crippen LogP contribution in [0.25, 0.3) is 0 Å². The second-order valence-corrected chi connectivity index (χ2v) is 3.06. The second kappa shape index (κ2) is 14.3. The lowest BCUT2D eigenvalue weighted by Gasteiger charge is -2.00. The van der Waals surface area contributed by atoms with Gasteiger partial charge in [0.2, 0.25) is 0 Å². The maximum absolute atomic E-state index is 10.6. The average molecular weight is 236 g/mol. The molecule has 1 atom stereocenters. The Morgan fingerprint density at radius 3 is 2.25 bits per heavy atom. The van der Waals surface area contributed by atoms with Gasteiger partial charge in [-0.05, 0) is 20.8 Å². The average Bonchev–Trinajstić information content (AvgIpc) is 2.19. The van der Waals surface area contributed by atoms with E-state index in [9.17, 15) is 4.79 Å². The van der Waals surface area contributed by atoms with Gasteiger partial charge >= 0.3 is 5.97 Å². The standard InChI is InChI=1S/C7H14O3.C4H10O2/c1-3-9-6-5-7(8)10-4-2;1-4(5)3-6-2/h3-6H2,1-2H3;4-5H,3H2,1-2H3. The molecule has 0 radical (unpaired) electrons. The van der Waals surface area contributed by atoms with Gasteiger partial charge in [-0.15, -0.1) is 0 Å². The van der Waals surface area contributed by atoms with Crippen LogP contribution in [0.15, 0.2) is 0 Å². The summed E-state index contributed by atoms with van der Waals surface area (Å²) in [6.45, 7) is 7.37. The number of ether oxygens (including phenoxy) is 3. The first-order valence-electron chi connectivity index (χ1n) is 5.48. The summed E-state index contributed by atoms with van der Waals surface area (Å²) in [6, 6.07) is 0. The first-order chi connectivity index (χ1) is 7.58. The molecule has 1 unspecified atom stereocenters. The van der Waals surface area contributed by atoms with Crippen LogP contribution >= 0.6 is 0 Å². The number of aliphatic hydroxyl groups is 1. The lowest BCUT2D eigenvalue weighted by Crippen LogP contribution is -2.07. The largest absolute Gasteiger partial charge is 0.466 e. The highest BCUT2D eigenvalue weighted by Crippen LogP contribution is 1.86. The van der Waals surface area contributed by atoms with E-state index in [1.807, 2.05) is 6.92 Å². The second-order valence-electron chi connectivity index (χ2n) is 3.06. The van der Waals surface area contributed by atoms with Crippen molar-refractivity contribution in [3.8, 4) is 0 Å². The van der Waals surface area contributed by atoms with Gasteiger partial charge in [-0.3, -0.25) is 4.79 Å². The number of esters is 1. The van der Waals surface area contributed by atoms with Crippen LogP contribution in [-0.2, 0) is 19.0 Å². The van der Waals surface area contributed by atoms with Crippen LogP contribution in [0.1, 0.15) is 27.2 Å². The molecule has 0 amide bonds. The Morgan fingerprint density at radius 1 is 1.31 bits per heavy atom. The van der Waals surface area contributed by atoms with Gasteiger partial charge < -0.3 is 19.3 Å². The fraction of sp³-hybridized carbons (Fsp3) is 0.909. The summed E-state index contributed by atoms with van der Waals surface area (Å²) in [5, 5.41) is 8.43. The molecule has 0 aliphatic rings. The van der Waals surface area contributed by atoms with Gasteiger partial charge in [-0.2, -0.15) is 0 Å². The number of hydrogen-bond donors (Lipinski definition) is 1. The molecule has 0 spiro atoms. The van der Waals surface area contributed by atoms with Gasteiger partial charge in [0.1, 0.15) is 0 Å². The zero-order chi connectivity index (χ0) is 12.8. The first kappa shape index (κ1) is 17.7. The highest BCUT2D eigenvalue weighted by Gasteiger charge is 1.98. The number of carbonyl (C=O) groups is 1. The molecule has 0 bridgehead atoms. The highest BCUT2D eigenvalue weighted by molar-refractivity contribution is 5.69.